The number of rotatable bonds is 5. The van der Waals surface area contributed by atoms with Gasteiger partial charge in [0.05, 0.1) is 17.4 Å². The van der Waals surface area contributed by atoms with Gasteiger partial charge < -0.3 is 20.4 Å². The molecule has 10 nitrogen and oxygen atoms in total. The Labute approximate surface area is 255 Å². The first-order valence-electron chi connectivity index (χ1n) is 13.6. The number of halogens is 3. The van der Waals surface area contributed by atoms with Crippen LogP contribution in [-0.4, -0.2) is 32.9 Å². The average Bonchev–Trinajstić information content (AvgIpc) is 3.36. The minimum Gasteiger partial charge on any atom is -0.443 e. The van der Waals surface area contributed by atoms with Crippen molar-refractivity contribution in [2.45, 2.75) is 38.8 Å². The van der Waals surface area contributed by atoms with Crippen LogP contribution in [0.2, 0.25) is 5.15 Å². The number of pyridine rings is 1. The van der Waals surface area contributed by atoms with Crippen LogP contribution in [0.4, 0.5) is 25.0 Å². The highest BCUT2D eigenvalue weighted by Crippen LogP contribution is 2.36. The van der Waals surface area contributed by atoms with Gasteiger partial charge in [0.25, 0.3) is 5.91 Å². The van der Waals surface area contributed by atoms with E-state index in [1.165, 1.54) is 13.0 Å². The molecule has 0 aliphatic carbocycles. The van der Waals surface area contributed by atoms with E-state index in [9.17, 15) is 23.2 Å². The Kier molecular flexibility index (Phi) is 9.29. The lowest BCUT2D eigenvalue weighted by molar-refractivity contribution is -0.116. The molecule has 44 heavy (non-hydrogen) atoms. The number of anilines is 2. The number of ether oxygens (including phenoxy) is 1. The fourth-order valence-corrected chi connectivity index (χ4v) is 4.83. The molecule has 0 saturated heterocycles. The van der Waals surface area contributed by atoms with Crippen molar-refractivity contribution >= 4 is 40.9 Å². The number of nitrogens with one attached hydrogen (secondary N) is 4. The number of carbonyl (C=O) groups excluding carboxylic acids is 3. The lowest BCUT2D eigenvalue weighted by Crippen LogP contribution is -2.30. The molecule has 3 amide bonds. The highest BCUT2D eigenvalue weighted by molar-refractivity contribution is 6.32. The minimum absolute atomic E-state index is 0.0333. The number of benzene rings is 2. The van der Waals surface area contributed by atoms with Crippen molar-refractivity contribution in [3.63, 3.8) is 0 Å². The second-order valence-electron chi connectivity index (χ2n) is 9.99. The predicted octanol–water partition coefficient (Wildman–Crippen LogP) is 6.61. The van der Waals surface area contributed by atoms with Crippen LogP contribution in [-0.2, 0) is 16.1 Å². The summed E-state index contributed by atoms with van der Waals surface area (Å²) < 4.78 is 34.3. The molecular formula is C31H27ClF2N6O4. The molecule has 0 spiro atoms. The number of carbonyl (C=O) groups is 3. The summed E-state index contributed by atoms with van der Waals surface area (Å²) in [6.07, 6.45) is 5.07. The van der Waals surface area contributed by atoms with Gasteiger partial charge in [0.15, 0.2) is 0 Å². The molecule has 3 heterocycles. The number of imidazole rings is 1. The summed E-state index contributed by atoms with van der Waals surface area (Å²) in [6.45, 7) is 1.49. The van der Waals surface area contributed by atoms with Gasteiger partial charge in [-0.15, -0.1) is 0 Å². The van der Waals surface area contributed by atoms with Crippen molar-refractivity contribution in [2.24, 2.45) is 0 Å². The minimum atomic E-state index is -0.984. The molecule has 0 saturated carbocycles. The van der Waals surface area contributed by atoms with Gasteiger partial charge in [-0.25, -0.2) is 18.6 Å². The van der Waals surface area contributed by atoms with E-state index >= 15 is 0 Å². The van der Waals surface area contributed by atoms with Crippen LogP contribution in [0.15, 0.2) is 66.9 Å². The molecule has 4 aromatic rings. The lowest BCUT2D eigenvalue weighted by atomic mass is 10.1. The number of aryl methyl sites for hydroxylation is 1. The Morgan fingerprint density at radius 1 is 1.11 bits per heavy atom. The summed E-state index contributed by atoms with van der Waals surface area (Å²) in [4.78, 5) is 49.8. The molecule has 2 aromatic carbocycles. The quantitative estimate of drug-likeness (QED) is 0.185. The number of amides is 3. The first-order valence-corrected chi connectivity index (χ1v) is 14.0. The fraction of sp³-hybridized carbons (Fsp3) is 0.194. The molecule has 5 rings (SSSR count). The van der Waals surface area contributed by atoms with Crippen LogP contribution in [0.3, 0.4) is 0 Å². The number of hydrogen-bond donors (Lipinski definition) is 4. The van der Waals surface area contributed by atoms with E-state index < -0.39 is 35.2 Å². The van der Waals surface area contributed by atoms with Gasteiger partial charge in [-0.3, -0.25) is 19.9 Å². The molecule has 1 aliphatic rings. The van der Waals surface area contributed by atoms with Crippen molar-refractivity contribution in [1.82, 2.24) is 20.3 Å². The van der Waals surface area contributed by atoms with Crippen LogP contribution in [0.25, 0.3) is 11.3 Å². The van der Waals surface area contributed by atoms with Gasteiger partial charge in [-0.2, -0.15) is 0 Å². The maximum absolute atomic E-state index is 14.5. The van der Waals surface area contributed by atoms with Gasteiger partial charge in [0.1, 0.15) is 40.5 Å². The molecule has 226 valence electrons. The van der Waals surface area contributed by atoms with E-state index in [4.69, 9.17) is 16.3 Å². The molecule has 0 radical (unpaired) electrons. The van der Waals surface area contributed by atoms with E-state index in [-0.39, 0.29) is 42.0 Å². The second kappa shape index (κ2) is 13.5. The number of aromatic amines is 1. The third-order valence-electron chi connectivity index (χ3n) is 6.68. The average molecular weight is 621 g/mol. The summed E-state index contributed by atoms with van der Waals surface area (Å²) in [5.74, 6) is -3.00. The van der Waals surface area contributed by atoms with E-state index in [1.807, 2.05) is 0 Å². The first-order chi connectivity index (χ1) is 21.2. The number of H-pyrrole nitrogens is 1. The number of aromatic nitrogens is 3. The topological polar surface area (TPSA) is 138 Å². The van der Waals surface area contributed by atoms with Gasteiger partial charge in [0.2, 0.25) is 5.91 Å². The molecule has 0 fully saturated rings. The molecule has 4 N–H and O–H groups in total. The smallest absolute Gasteiger partial charge is 0.412 e. The molecule has 2 aromatic heterocycles. The molecule has 13 heteroatoms. The summed E-state index contributed by atoms with van der Waals surface area (Å²) in [5.41, 5.74) is 1.51. The van der Waals surface area contributed by atoms with Crippen molar-refractivity contribution < 1.29 is 27.9 Å². The monoisotopic (exact) mass is 620 g/mol. The van der Waals surface area contributed by atoms with Gasteiger partial charge in [0, 0.05) is 23.9 Å². The molecular weight excluding hydrogens is 594 g/mol. The Balaban J connectivity index is 1.42. The van der Waals surface area contributed by atoms with Crippen LogP contribution in [0, 0.1) is 18.6 Å². The number of hydrogen-bond acceptors (Lipinski definition) is 6. The zero-order chi connectivity index (χ0) is 31.2. The highest BCUT2D eigenvalue weighted by atomic mass is 35.5. The maximum atomic E-state index is 14.5. The molecule has 2 bridgehead atoms. The van der Waals surface area contributed by atoms with E-state index in [0.717, 1.165) is 12.1 Å². The zero-order valence-corrected chi connectivity index (χ0v) is 24.2. The van der Waals surface area contributed by atoms with E-state index in [0.29, 0.717) is 34.6 Å². The largest absolute Gasteiger partial charge is 0.443 e. The van der Waals surface area contributed by atoms with E-state index in [2.05, 4.69) is 30.9 Å². The SMILES string of the molecule is Cc1cc(F)c(C(=O)NC2C/C=C/CCC(=O)Nc3cc(NC(=O)OCc4ccccn4)ccc3-c3nc2[nH]c3Cl)c(F)c1. The number of nitrogens with zero attached hydrogens (tertiary/aromatic N) is 2. The van der Waals surface area contributed by atoms with Crippen molar-refractivity contribution in [1.29, 1.82) is 0 Å². The normalized spacial score (nSPS) is 15.5. The highest BCUT2D eigenvalue weighted by Gasteiger charge is 2.26. The molecule has 1 atom stereocenters. The second-order valence-corrected chi connectivity index (χ2v) is 10.4. The summed E-state index contributed by atoms with van der Waals surface area (Å²) in [6, 6.07) is 11.3. The van der Waals surface area contributed by atoms with E-state index in [1.54, 1.807) is 48.7 Å². The third-order valence-corrected chi connectivity index (χ3v) is 6.95. The summed E-state index contributed by atoms with van der Waals surface area (Å²) in [7, 11) is 0. The summed E-state index contributed by atoms with van der Waals surface area (Å²) >= 11 is 6.55. The summed E-state index contributed by atoms with van der Waals surface area (Å²) in [5, 5.41) is 8.20. The van der Waals surface area contributed by atoms with Gasteiger partial charge in [-0.1, -0.05) is 29.8 Å². The van der Waals surface area contributed by atoms with Crippen LogP contribution in [0.1, 0.15) is 52.7 Å². The number of allylic oxidation sites excluding steroid dienone is 1. The predicted molar refractivity (Wildman–Crippen MR) is 160 cm³/mol. The van der Waals surface area contributed by atoms with Gasteiger partial charge in [-0.05, 0) is 67.8 Å². The van der Waals surface area contributed by atoms with Crippen LogP contribution < -0.4 is 16.0 Å². The standard InChI is InChI=1S/C31H27ClF2N6O4/c1-17-13-21(33)26(22(34)14-17)30(42)38-23-8-3-2-4-9-25(41)37-24-15-18(10-11-20(24)27-28(32)40-29(23)39-27)36-31(43)44-16-19-7-5-6-12-35-19/h2-3,5-7,10-15,23H,4,8-9,16H2,1H3,(H,36,43)(H,37,41)(H,38,42)(H,39,40)/b3-2+. The third kappa shape index (κ3) is 7.27. The number of fused-ring (bicyclic) bond motifs is 4. The van der Waals surface area contributed by atoms with Crippen molar-refractivity contribution in [2.75, 3.05) is 10.6 Å². The maximum Gasteiger partial charge on any atom is 0.412 e. The lowest BCUT2D eigenvalue weighted by Gasteiger charge is -2.16. The Morgan fingerprint density at radius 3 is 2.66 bits per heavy atom. The Bertz CT molecular complexity index is 1720. The van der Waals surface area contributed by atoms with Crippen molar-refractivity contribution in [3.8, 4) is 11.3 Å². The fourth-order valence-electron chi connectivity index (χ4n) is 4.58. The first kappa shape index (κ1) is 30.4. The molecule has 1 unspecified atom stereocenters. The van der Waals surface area contributed by atoms with Gasteiger partial charge >= 0.3 is 6.09 Å². The Morgan fingerprint density at radius 2 is 1.91 bits per heavy atom. The molecule has 1 aliphatic heterocycles. The zero-order valence-electron chi connectivity index (χ0n) is 23.4. The Hall–Kier alpha value is -5.10. The van der Waals surface area contributed by atoms with Crippen LogP contribution >= 0.6 is 11.6 Å². The van der Waals surface area contributed by atoms with Crippen LogP contribution in [0.5, 0.6) is 0 Å². The van der Waals surface area contributed by atoms with Crippen molar-refractivity contribution in [3.05, 3.63) is 106 Å².